The van der Waals surface area contributed by atoms with E-state index in [0.29, 0.717) is 0 Å². The predicted octanol–water partition coefficient (Wildman–Crippen LogP) is 1.08. The molecule has 0 radical (unpaired) electrons. The molecule has 0 aliphatic carbocycles. The van der Waals surface area contributed by atoms with Gasteiger partial charge in [-0.25, -0.2) is 9.98 Å². The van der Waals surface area contributed by atoms with Crippen molar-refractivity contribution < 1.29 is 0 Å². The summed E-state index contributed by atoms with van der Waals surface area (Å²) in [6, 6.07) is 1.93. The van der Waals surface area contributed by atoms with Crippen molar-refractivity contribution in [2.45, 2.75) is 13.8 Å². The molecule has 1 heterocycles. The molecule has 5 nitrogen and oxygen atoms in total. The number of nitrogens with one attached hydrogen (secondary N) is 1. The molecular weight excluding hydrogens is 190 g/mol. The van der Waals surface area contributed by atoms with Crippen molar-refractivity contribution >= 4 is 22.7 Å². The minimum Gasteiger partial charge on any atom is -0.370 e. The molecule has 1 aromatic heterocycles. The highest BCUT2D eigenvalue weighted by molar-refractivity contribution is 5.88. The number of aromatic nitrogens is 2. The smallest absolute Gasteiger partial charge is 0.191 e. The average molecular weight is 203 g/mol. The highest BCUT2D eigenvalue weighted by atomic mass is 15.0. The van der Waals surface area contributed by atoms with Gasteiger partial charge >= 0.3 is 0 Å². The van der Waals surface area contributed by atoms with Gasteiger partial charge in [-0.1, -0.05) is 0 Å². The van der Waals surface area contributed by atoms with Gasteiger partial charge in [-0.15, -0.1) is 0 Å². The standard InChI is InChI=1S/C10H13N5/c1-5-3-7(15-10(11)12)6(2)9-8(5)13-4-14-9/h3-4H,1-2H3,(H,13,14)(H4,11,12,15). The van der Waals surface area contributed by atoms with Gasteiger partial charge in [0.2, 0.25) is 0 Å². The van der Waals surface area contributed by atoms with Gasteiger partial charge in [0, 0.05) is 5.56 Å². The van der Waals surface area contributed by atoms with Crippen molar-refractivity contribution in [2.75, 3.05) is 0 Å². The van der Waals surface area contributed by atoms with E-state index >= 15 is 0 Å². The third-order valence-corrected chi connectivity index (χ3v) is 2.37. The molecule has 78 valence electrons. The molecule has 0 aliphatic heterocycles. The van der Waals surface area contributed by atoms with E-state index in [1.807, 2.05) is 19.9 Å². The minimum atomic E-state index is 0.0661. The molecule has 5 N–H and O–H groups in total. The number of hydrogen-bond donors (Lipinski definition) is 3. The third kappa shape index (κ3) is 1.52. The number of H-pyrrole nitrogens is 1. The van der Waals surface area contributed by atoms with Crippen molar-refractivity contribution in [1.82, 2.24) is 9.97 Å². The summed E-state index contributed by atoms with van der Waals surface area (Å²) in [5, 5.41) is 0. The first kappa shape index (κ1) is 9.51. The summed E-state index contributed by atoms with van der Waals surface area (Å²) in [6.07, 6.45) is 1.67. The molecule has 0 bridgehead atoms. The monoisotopic (exact) mass is 203 g/mol. The Morgan fingerprint density at radius 1 is 1.40 bits per heavy atom. The summed E-state index contributed by atoms with van der Waals surface area (Å²) in [5.74, 6) is 0.0661. The molecule has 0 saturated heterocycles. The third-order valence-electron chi connectivity index (χ3n) is 2.37. The number of aliphatic imine (C=N–C) groups is 1. The molecule has 1 aromatic carbocycles. The van der Waals surface area contributed by atoms with E-state index < -0.39 is 0 Å². The number of benzene rings is 1. The van der Waals surface area contributed by atoms with Crippen molar-refractivity contribution in [3.63, 3.8) is 0 Å². The normalized spacial score (nSPS) is 10.5. The lowest BCUT2D eigenvalue weighted by Gasteiger charge is -2.04. The maximum atomic E-state index is 5.36. The zero-order valence-electron chi connectivity index (χ0n) is 8.70. The van der Waals surface area contributed by atoms with Crippen LogP contribution in [-0.2, 0) is 0 Å². The van der Waals surface area contributed by atoms with Gasteiger partial charge in [-0.2, -0.15) is 0 Å². The number of fused-ring (bicyclic) bond motifs is 1. The molecule has 0 saturated carbocycles. The van der Waals surface area contributed by atoms with Crippen LogP contribution in [0.3, 0.4) is 0 Å². The Kier molecular flexibility index (Phi) is 2.07. The van der Waals surface area contributed by atoms with Crippen LogP contribution >= 0.6 is 0 Å². The van der Waals surface area contributed by atoms with E-state index in [4.69, 9.17) is 11.5 Å². The van der Waals surface area contributed by atoms with Gasteiger partial charge in [-0.05, 0) is 25.5 Å². The van der Waals surface area contributed by atoms with E-state index in [9.17, 15) is 0 Å². The highest BCUT2D eigenvalue weighted by Crippen LogP contribution is 2.28. The second kappa shape index (κ2) is 3.27. The van der Waals surface area contributed by atoms with Crippen LogP contribution in [0.5, 0.6) is 0 Å². The SMILES string of the molecule is Cc1cc(N=C(N)N)c(C)c2[nH]cnc12. The van der Waals surface area contributed by atoms with Gasteiger partial charge in [-0.3, -0.25) is 0 Å². The Morgan fingerprint density at radius 3 is 2.80 bits per heavy atom. The van der Waals surface area contributed by atoms with Crippen LogP contribution in [0.15, 0.2) is 17.4 Å². The number of aromatic amines is 1. The van der Waals surface area contributed by atoms with Crippen molar-refractivity contribution in [3.8, 4) is 0 Å². The van der Waals surface area contributed by atoms with Gasteiger partial charge in [0.15, 0.2) is 5.96 Å². The van der Waals surface area contributed by atoms with Crippen LogP contribution in [0.4, 0.5) is 5.69 Å². The van der Waals surface area contributed by atoms with Gasteiger partial charge in [0.05, 0.1) is 23.0 Å². The van der Waals surface area contributed by atoms with E-state index in [1.165, 1.54) is 0 Å². The van der Waals surface area contributed by atoms with Gasteiger partial charge in [0.1, 0.15) is 0 Å². The zero-order valence-corrected chi connectivity index (χ0v) is 8.70. The molecule has 0 unspecified atom stereocenters. The quantitative estimate of drug-likeness (QED) is 0.478. The molecule has 0 aliphatic rings. The summed E-state index contributed by atoms with van der Waals surface area (Å²) < 4.78 is 0. The summed E-state index contributed by atoms with van der Waals surface area (Å²) >= 11 is 0. The lowest BCUT2D eigenvalue weighted by molar-refractivity contribution is 1.33. The topological polar surface area (TPSA) is 93.1 Å². The van der Waals surface area contributed by atoms with Crippen LogP contribution in [0.2, 0.25) is 0 Å². The molecule has 15 heavy (non-hydrogen) atoms. The second-order valence-corrected chi connectivity index (χ2v) is 3.50. The first-order valence-electron chi connectivity index (χ1n) is 4.62. The number of nitrogens with zero attached hydrogens (tertiary/aromatic N) is 2. The van der Waals surface area contributed by atoms with Crippen molar-refractivity contribution in [1.29, 1.82) is 0 Å². The lowest BCUT2D eigenvalue weighted by Crippen LogP contribution is -2.22. The minimum absolute atomic E-state index is 0.0661. The fraction of sp³-hybridized carbons (Fsp3) is 0.200. The summed E-state index contributed by atoms with van der Waals surface area (Å²) in [5.41, 5.74) is 15.5. The van der Waals surface area contributed by atoms with Crippen LogP contribution in [0.25, 0.3) is 11.0 Å². The highest BCUT2D eigenvalue weighted by Gasteiger charge is 2.08. The molecule has 0 amide bonds. The maximum Gasteiger partial charge on any atom is 0.191 e. The number of rotatable bonds is 1. The van der Waals surface area contributed by atoms with Crippen molar-refractivity contribution in [2.24, 2.45) is 16.5 Å². The molecular formula is C10H13N5. The van der Waals surface area contributed by atoms with Gasteiger partial charge in [0.25, 0.3) is 0 Å². The number of guanidine groups is 1. The van der Waals surface area contributed by atoms with Crippen molar-refractivity contribution in [3.05, 3.63) is 23.5 Å². The number of hydrogen-bond acceptors (Lipinski definition) is 2. The van der Waals surface area contributed by atoms with Crippen LogP contribution in [0, 0.1) is 13.8 Å². The molecule has 2 aromatic rings. The second-order valence-electron chi connectivity index (χ2n) is 3.50. The van der Waals surface area contributed by atoms with E-state index in [-0.39, 0.29) is 5.96 Å². The largest absolute Gasteiger partial charge is 0.370 e. The Balaban J connectivity index is 2.77. The number of nitrogens with two attached hydrogens (primary N) is 2. The average Bonchev–Trinajstić information content (AvgIpc) is 2.61. The van der Waals surface area contributed by atoms with Crippen LogP contribution in [-0.4, -0.2) is 15.9 Å². The molecule has 0 atom stereocenters. The first-order chi connectivity index (χ1) is 7.09. The summed E-state index contributed by atoms with van der Waals surface area (Å²) in [7, 11) is 0. The van der Waals surface area contributed by atoms with E-state index in [0.717, 1.165) is 27.8 Å². The fourth-order valence-corrected chi connectivity index (χ4v) is 1.64. The Morgan fingerprint density at radius 2 is 2.13 bits per heavy atom. The molecule has 5 heteroatoms. The summed E-state index contributed by atoms with van der Waals surface area (Å²) in [4.78, 5) is 11.4. The molecule has 0 spiro atoms. The van der Waals surface area contributed by atoms with E-state index in [1.54, 1.807) is 6.33 Å². The molecule has 2 rings (SSSR count). The lowest BCUT2D eigenvalue weighted by atomic mass is 10.1. The summed E-state index contributed by atoms with van der Waals surface area (Å²) in [6.45, 7) is 3.94. The van der Waals surface area contributed by atoms with Gasteiger partial charge < -0.3 is 16.5 Å². The first-order valence-corrected chi connectivity index (χ1v) is 4.62. The zero-order chi connectivity index (χ0) is 11.0. The Hall–Kier alpha value is -2.04. The fourth-order valence-electron chi connectivity index (χ4n) is 1.64. The number of imidazole rings is 1. The van der Waals surface area contributed by atoms with E-state index in [2.05, 4.69) is 15.0 Å². The molecule has 0 fully saturated rings. The Bertz CT molecular complexity index is 534. The predicted molar refractivity (Wildman–Crippen MR) is 61.0 cm³/mol. The number of aryl methyl sites for hydroxylation is 2. The Labute approximate surface area is 87.2 Å². The van der Waals surface area contributed by atoms with Crippen LogP contribution in [0.1, 0.15) is 11.1 Å². The maximum absolute atomic E-state index is 5.36. The van der Waals surface area contributed by atoms with Crippen LogP contribution < -0.4 is 11.5 Å².